The van der Waals surface area contributed by atoms with Gasteiger partial charge in [-0.2, -0.15) is 0 Å². The monoisotopic (exact) mass is 378 g/mol. The lowest BCUT2D eigenvalue weighted by atomic mass is 9.97. The Bertz CT molecular complexity index is 655. The van der Waals surface area contributed by atoms with Gasteiger partial charge in [-0.15, -0.1) is 0 Å². The summed E-state index contributed by atoms with van der Waals surface area (Å²) in [5.41, 5.74) is 0.493. The van der Waals surface area contributed by atoms with Gasteiger partial charge in [-0.05, 0) is 64.0 Å². The summed E-state index contributed by atoms with van der Waals surface area (Å²) in [7, 11) is 0. The smallest absolute Gasteiger partial charge is 0.309 e. The van der Waals surface area contributed by atoms with Gasteiger partial charge in [0.1, 0.15) is 5.75 Å². The molecule has 26 heavy (non-hydrogen) atoms. The fourth-order valence-electron chi connectivity index (χ4n) is 2.81. The van der Waals surface area contributed by atoms with E-state index in [1.54, 1.807) is 25.1 Å². The molecule has 142 valence electrons. The molecule has 0 radical (unpaired) electrons. The lowest BCUT2D eigenvalue weighted by Crippen LogP contribution is -2.47. The number of carbonyl (C=O) groups is 2. The van der Waals surface area contributed by atoms with E-state index >= 15 is 0 Å². The molecule has 0 aromatic heterocycles. The van der Waals surface area contributed by atoms with Gasteiger partial charge < -0.3 is 14.4 Å². The van der Waals surface area contributed by atoms with Crippen LogP contribution in [0.25, 0.3) is 0 Å². The fraction of sp³-hybridized carbons (Fsp3) is 0.526. The number of piperidine rings is 1. The van der Waals surface area contributed by atoms with E-state index in [1.807, 2.05) is 24.8 Å². The Morgan fingerprint density at radius 3 is 2.62 bits per heavy atom. The number of benzene rings is 1. The predicted octanol–water partition coefficient (Wildman–Crippen LogP) is 2.76. The molecule has 0 aliphatic carbocycles. The summed E-state index contributed by atoms with van der Waals surface area (Å²) < 4.78 is 10.7. The van der Waals surface area contributed by atoms with Crippen molar-refractivity contribution in [3.63, 3.8) is 0 Å². The second kappa shape index (κ2) is 9.52. The highest BCUT2D eigenvalue weighted by atomic mass is 32.1. The lowest BCUT2D eigenvalue weighted by Gasteiger charge is -2.32. The first-order valence-corrected chi connectivity index (χ1v) is 9.35. The summed E-state index contributed by atoms with van der Waals surface area (Å²) in [6.45, 7) is 7.31. The molecule has 1 N–H and O–H groups in total. The van der Waals surface area contributed by atoms with Crippen LogP contribution in [0.15, 0.2) is 24.3 Å². The Balaban J connectivity index is 1.88. The Labute approximate surface area is 159 Å². The third-order valence-electron chi connectivity index (χ3n) is 4.09. The van der Waals surface area contributed by atoms with Gasteiger partial charge in [-0.25, -0.2) is 0 Å². The largest absolute Gasteiger partial charge is 0.491 e. The zero-order valence-corrected chi connectivity index (χ0v) is 16.3. The van der Waals surface area contributed by atoms with Crippen LogP contribution < -0.4 is 10.1 Å². The van der Waals surface area contributed by atoms with E-state index in [1.165, 1.54) is 0 Å². The molecule has 1 aromatic rings. The number of rotatable bonds is 5. The van der Waals surface area contributed by atoms with Gasteiger partial charge in [0.15, 0.2) is 5.11 Å². The topological polar surface area (TPSA) is 67.9 Å². The average Bonchev–Trinajstić information content (AvgIpc) is 2.61. The standard InChI is InChI=1S/C19H26N2O4S/c1-4-24-18(23)14-8-10-21(11-9-14)19(26)20-17(22)15-6-5-7-16(12-15)25-13(2)3/h5-7,12-14H,4,8-11H2,1-3H3,(H,20,22,26). The number of hydrogen-bond donors (Lipinski definition) is 1. The molecular weight excluding hydrogens is 352 g/mol. The van der Waals surface area contributed by atoms with E-state index in [0.717, 1.165) is 0 Å². The average molecular weight is 378 g/mol. The quantitative estimate of drug-likeness (QED) is 0.628. The van der Waals surface area contributed by atoms with Crippen LogP contribution >= 0.6 is 12.2 Å². The molecule has 1 aromatic carbocycles. The molecular formula is C19H26N2O4S. The summed E-state index contributed by atoms with van der Waals surface area (Å²) in [5, 5.41) is 3.14. The second-order valence-corrected chi connectivity index (χ2v) is 6.85. The van der Waals surface area contributed by atoms with Gasteiger partial charge in [0.25, 0.3) is 5.91 Å². The molecule has 1 heterocycles. The van der Waals surface area contributed by atoms with Crippen LogP contribution in [0.4, 0.5) is 0 Å². The van der Waals surface area contributed by atoms with Crippen LogP contribution in [0.5, 0.6) is 5.75 Å². The second-order valence-electron chi connectivity index (χ2n) is 6.47. The zero-order chi connectivity index (χ0) is 19.1. The number of ether oxygens (including phenoxy) is 2. The van der Waals surface area contributed by atoms with E-state index in [9.17, 15) is 9.59 Å². The minimum Gasteiger partial charge on any atom is -0.491 e. The highest BCUT2D eigenvalue weighted by molar-refractivity contribution is 7.80. The zero-order valence-electron chi connectivity index (χ0n) is 15.5. The third-order valence-corrected chi connectivity index (χ3v) is 4.45. The molecule has 7 heteroatoms. The Morgan fingerprint density at radius 2 is 2.00 bits per heavy atom. The molecule has 1 aliphatic heterocycles. The lowest BCUT2D eigenvalue weighted by molar-refractivity contribution is -0.149. The van der Waals surface area contributed by atoms with Crippen molar-refractivity contribution in [3.05, 3.63) is 29.8 Å². The minimum atomic E-state index is -0.267. The molecule has 2 rings (SSSR count). The van der Waals surface area contributed by atoms with E-state index < -0.39 is 0 Å². The van der Waals surface area contributed by atoms with E-state index in [4.69, 9.17) is 21.7 Å². The summed E-state index contributed by atoms with van der Waals surface area (Å²) in [6, 6.07) is 7.01. The Morgan fingerprint density at radius 1 is 1.31 bits per heavy atom. The van der Waals surface area contributed by atoms with Crippen LogP contribution in [0.3, 0.4) is 0 Å². The molecule has 1 fully saturated rings. The van der Waals surface area contributed by atoms with Gasteiger partial charge in [-0.3, -0.25) is 14.9 Å². The highest BCUT2D eigenvalue weighted by Crippen LogP contribution is 2.19. The maximum absolute atomic E-state index is 12.4. The maximum atomic E-state index is 12.4. The van der Waals surface area contributed by atoms with Crippen LogP contribution in [0.1, 0.15) is 44.0 Å². The number of carbonyl (C=O) groups excluding carboxylic acids is 2. The molecule has 1 saturated heterocycles. The van der Waals surface area contributed by atoms with Gasteiger partial charge in [-0.1, -0.05) is 6.07 Å². The number of amides is 1. The number of hydrogen-bond acceptors (Lipinski definition) is 5. The van der Waals surface area contributed by atoms with Crippen molar-refractivity contribution in [2.45, 2.75) is 39.7 Å². The van der Waals surface area contributed by atoms with Gasteiger partial charge in [0.05, 0.1) is 18.6 Å². The first kappa shape index (κ1) is 20.2. The molecule has 0 spiro atoms. The fourth-order valence-corrected chi connectivity index (χ4v) is 3.08. The molecule has 0 saturated carbocycles. The van der Waals surface area contributed by atoms with E-state index in [2.05, 4.69) is 5.32 Å². The van der Waals surface area contributed by atoms with Gasteiger partial charge in [0, 0.05) is 18.7 Å². The Kier molecular flexibility index (Phi) is 7.38. The van der Waals surface area contributed by atoms with Crippen LogP contribution in [0, 0.1) is 5.92 Å². The van der Waals surface area contributed by atoms with Crippen molar-refractivity contribution in [1.29, 1.82) is 0 Å². The number of likely N-dealkylation sites (tertiary alicyclic amines) is 1. The first-order valence-electron chi connectivity index (χ1n) is 8.94. The molecule has 0 bridgehead atoms. The van der Waals surface area contributed by atoms with E-state index in [-0.39, 0.29) is 23.9 Å². The Hall–Kier alpha value is -2.15. The maximum Gasteiger partial charge on any atom is 0.309 e. The van der Waals surface area contributed by atoms with Crippen molar-refractivity contribution in [2.24, 2.45) is 5.92 Å². The predicted molar refractivity (Wildman–Crippen MR) is 103 cm³/mol. The number of nitrogens with one attached hydrogen (secondary N) is 1. The summed E-state index contributed by atoms with van der Waals surface area (Å²) in [6.07, 6.45) is 1.38. The van der Waals surface area contributed by atoms with Crippen molar-refractivity contribution < 1.29 is 19.1 Å². The molecule has 0 atom stereocenters. The summed E-state index contributed by atoms with van der Waals surface area (Å²) in [4.78, 5) is 26.1. The van der Waals surface area contributed by atoms with Gasteiger partial charge >= 0.3 is 5.97 Å². The normalized spacial score (nSPS) is 14.8. The van der Waals surface area contributed by atoms with Crippen molar-refractivity contribution in [2.75, 3.05) is 19.7 Å². The van der Waals surface area contributed by atoms with E-state index in [0.29, 0.717) is 49.0 Å². The van der Waals surface area contributed by atoms with Crippen molar-refractivity contribution in [3.8, 4) is 5.75 Å². The molecule has 6 nitrogen and oxygen atoms in total. The number of thiocarbonyl (C=S) groups is 1. The SMILES string of the molecule is CCOC(=O)C1CCN(C(=S)NC(=O)c2cccc(OC(C)C)c2)CC1. The summed E-state index contributed by atoms with van der Waals surface area (Å²) >= 11 is 5.36. The van der Waals surface area contributed by atoms with Crippen molar-refractivity contribution in [1.82, 2.24) is 10.2 Å². The molecule has 1 aliphatic rings. The third kappa shape index (κ3) is 5.69. The van der Waals surface area contributed by atoms with Crippen LogP contribution in [-0.4, -0.2) is 47.7 Å². The first-order chi connectivity index (χ1) is 12.4. The molecule has 1 amide bonds. The van der Waals surface area contributed by atoms with Gasteiger partial charge in [0.2, 0.25) is 0 Å². The van der Waals surface area contributed by atoms with Crippen molar-refractivity contribution >= 4 is 29.2 Å². The van der Waals surface area contributed by atoms with Crippen LogP contribution in [0.2, 0.25) is 0 Å². The van der Waals surface area contributed by atoms with Crippen LogP contribution in [-0.2, 0) is 9.53 Å². The summed E-state index contributed by atoms with van der Waals surface area (Å²) in [5.74, 6) is 0.143. The number of nitrogens with zero attached hydrogens (tertiary/aromatic N) is 1. The minimum absolute atomic E-state index is 0.0371. The molecule has 0 unspecified atom stereocenters. The number of esters is 1. The highest BCUT2D eigenvalue weighted by Gasteiger charge is 2.27.